The lowest BCUT2D eigenvalue weighted by Crippen LogP contribution is -2.36. The summed E-state index contributed by atoms with van der Waals surface area (Å²) in [5, 5.41) is 3.37. The predicted molar refractivity (Wildman–Crippen MR) is 138 cm³/mol. The van der Waals surface area contributed by atoms with E-state index >= 15 is 0 Å². The van der Waals surface area contributed by atoms with Crippen LogP contribution >= 0.6 is 0 Å². The summed E-state index contributed by atoms with van der Waals surface area (Å²) in [4.78, 5) is 27.0. The maximum atomic E-state index is 13.8. The van der Waals surface area contributed by atoms with Crippen LogP contribution in [0.15, 0.2) is 58.9 Å². The molecule has 1 aliphatic carbocycles. The zero-order valence-corrected chi connectivity index (χ0v) is 22.1. The van der Waals surface area contributed by atoms with E-state index in [4.69, 9.17) is 23.7 Å². The summed E-state index contributed by atoms with van der Waals surface area (Å²) >= 11 is 0. The molecule has 8 heteroatoms. The Morgan fingerprint density at radius 3 is 2.24 bits per heavy atom. The predicted octanol–water partition coefficient (Wildman–Crippen LogP) is 4.65. The SMILES string of the molecule is CCOC(=O)C1=C(C)NC2=C(C(=O)CC(c3cccc(OC)c3)C2)C1c1cc(OC)c(OC)c(OC)c1. The molecule has 0 aromatic heterocycles. The fraction of sp³-hybridized carbons (Fsp3) is 0.379. The highest BCUT2D eigenvalue weighted by molar-refractivity contribution is 6.04. The van der Waals surface area contributed by atoms with Gasteiger partial charge in [-0.2, -0.15) is 0 Å². The van der Waals surface area contributed by atoms with Crippen molar-refractivity contribution in [1.29, 1.82) is 0 Å². The highest BCUT2D eigenvalue weighted by Gasteiger charge is 2.42. The van der Waals surface area contributed by atoms with E-state index in [2.05, 4.69) is 5.32 Å². The number of ether oxygens (including phenoxy) is 5. The maximum absolute atomic E-state index is 13.8. The Kier molecular flexibility index (Phi) is 7.76. The number of carbonyl (C=O) groups is 2. The van der Waals surface area contributed by atoms with Crippen molar-refractivity contribution in [2.45, 2.75) is 38.5 Å². The average Bonchev–Trinajstić information content (AvgIpc) is 2.91. The molecule has 2 aromatic rings. The van der Waals surface area contributed by atoms with Crippen LogP contribution in [0.25, 0.3) is 0 Å². The van der Waals surface area contributed by atoms with Gasteiger partial charge in [-0.15, -0.1) is 0 Å². The first-order chi connectivity index (χ1) is 17.9. The monoisotopic (exact) mass is 507 g/mol. The highest BCUT2D eigenvalue weighted by atomic mass is 16.5. The van der Waals surface area contributed by atoms with Gasteiger partial charge in [0.05, 0.1) is 40.6 Å². The van der Waals surface area contributed by atoms with Gasteiger partial charge in [0.1, 0.15) is 5.75 Å². The van der Waals surface area contributed by atoms with Crippen LogP contribution in [0.5, 0.6) is 23.0 Å². The van der Waals surface area contributed by atoms with E-state index in [0.29, 0.717) is 52.5 Å². The molecule has 2 aliphatic rings. The van der Waals surface area contributed by atoms with Crippen LogP contribution in [0, 0.1) is 0 Å². The highest BCUT2D eigenvalue weighted by Crippen LogP contribution is 2.49. The fourth-order valence-electron chi connectivity index (χ4n) is 5.25. The number of nitrogens with one attached hydrogen (secondary N) is 1. The van der Waals surface area contributed by atoms with Gasteiger partial charge in [-0.3, -0.25) is 4.79 Å². The van der Waals surface area contributed by atoms with E-state index in [0.717, 1.165) is 17.0 Å². The molecule has 0 saturated heterocycles. The van der Waals surface area contributed by atoms with Crippen LogP contribution in [0.3, 0.4) is 0 Å². The molecule has 0 bridgehead atoms. The number of allylic oxidation sites excluding steroid dienone is 3. The largest absolute Gasteiger partial charge is 0.497 e. The van der Waals surface area contributed by atoms with Crippen LogP contribution in [0.2, 0.25) is 0 Å². The number of methoxy groups -OCH3 is 4. The fourth-order valence-corrected chi connectivity index (χ4v) is 5.25. The maximum Gasteiger partial charge on any atom is 0.336 e. The Labute approximate surface area is 217 Å². The number of Topliss-reactive ketones (excluding diaryl/α,β-unsaturated/α-hetero) is 1. The van der Waals surface area contributed by atoms with Crippen LogP contribution in [-0.2, 0) is 14.3 Å². The summed E-state index contributed by atoms with van der Waals surface area (Å²) < 4.78 is 27.4. The van der Waals surface area contributed by atoms with Gasteiger partial charge in [-0.1, -0.05) is 12.1 Å². The standard InChI is InChI=1S/C29H33NO7/c1-7-37-29(32)25-16(2)30-21-12-18(17-9-8-10-20(11-17)33-3)13-22(31)27(21)26(25)19-14-23(34-4)28(36-6)24(15-19)35-5/h8-11,14-15,18,26,30H,7,12-13H2,1-6H3. The molecule has 2 unspecified atom stereocenters. The molecule has 0 radical (unpaired) electrons. The smallest absolute Gasteiger partial charge is 0.336 e. The molecule has 2 atom stereocenters. The third-order valence-corrected chi connectivity index (χ3v) is 6.91. The Morgan fingerprint density at radius 1 is 0.946 bits per heavy atom. The molecule has 1 aliphatic heterocycles. The van der Waals surface area contributed by atoms with E-state index in [-0.39, 0.29) is 18.3 Å². The number of rotatable bonds is 8. The molecule has 37 heavy (non-hydrogen) atoms. The van der Waals surface area contributed by atoms with Crippen molar-refractivity contribution in [2.24, 2.45) is 0 Å². The van der Waals surface area contributed by atoms with Gasteiger partial charge in [0.15, 0.2) is 17.3 Å². The van der Waals surface area contributed by atoms with Gasteiger partial charge in [0.25, 0.3) is 0 Å². The molecular formula is C29H33NO7. The van der Waals surface area contributed by atoms with Crippen LogP contribution in [0.4, 0.5) is 0 Å². The minimum atomic E-state index is -0.650. The van der Waals surface area contributed by atoms with Crippen LogP contribution < -0.4 is 24.3 Å². The van der Waals surface area contributed by atoms with Gasteiger partial charge in [-0.25, -0.2) is 4.79 Å². The summed E-state index contributed by atoms with van der Waals surface area (Å²) in [6, 6.07) is 11.4. The second kappa shape index (κ2) is 11.0. The van der Waals surface area contributed by atoms with Gasteiger partial charge in [-0.05, 0) is 61.6 Å². The molecule has 0 saturated carbocycles. The number of carbonyl (C=O) groups excluding carboxylic acids is 2. The number of hydrogen-bond donors (Lipinski definition) is 1. The number of ketones is 1. The molecule has 1 N–H and O–H groups in total. The topological polar surface area (TPSA) is 92.3 Å². The second-order valence-corrected chi connectivity index (χ2v) is 8.97. The minimum absolute atomic E-state index is 0.0219. The molecule has 0 fully saturated rings. The van der Waals surface area contributed by atoms with Gasteiger partial charge >= 0.3 is 5.97 Å². The van der Waals surface area contributed by atoms with Crippen molar-refractivity contribution in [3.63, 3.8) is 0 Å². The molecule has 2 aromatic carbocycles. The summed E-state index contributed by atoms with van der Waals surface area (Å²) in [6.07, 6.45) is 0.923. The average molecular weight is 508 g/mol. The summed E-state index contributed by atoms with van der Waals surface area (Å²) in [6.45, 7) is 3.81. The van der Waals surface area contributed by atoms with Crippen LogP contribution in [-0.4, -0.2) is 46.8 Å². The molecule has 196 valence electrons. The summed E-state index contributed by atoms with van der Waals surface area (Å²) in [7, 11) is 6.22. The van der Waals surface area contributed by atoms with Crippen molar-refractivity contribution in [3.8, 4) is 23.0 Å². The first kappa shape index (κ1) is 26.1. The quantitative estimate of drug-likeness (QED) is 0.517. The normalized spacial score (nSPS) is 19.1. The number of dihydropyridines is 1. The van der Waals surface area contributed by atoms with Crippen LogP contribution in [0.1, 0.15) is 49.7 Å². The first-order valence-electron chi connectivity index (χ1n) is 12.2. The van der Waals surface area contributed by atoms with Crippen molar-refractivity contribution < 1.29 is 33.3 Å². The molecule has 4 rings (SSSR count). The van der Waals surface area contributed by atoms with Crippen molar-refractivity contribution in [3.05, 3.63) is 70.1 Å². The Bertz CT molecular complexity index is 1250. The Hall–Kier alpha value is -3.94. The number of hydrogen-bond acceptors (Lipinski definition) is 8. The number of benzene rings is 2. The van der Waals surface area contributed by atoms with Crippen molar-refractivity contribution in [2.75, 3.05) is 35.0 Å². The molecule has 0 spiro atoms. The van der Waals surface area contributed by atoms with E-state index in [9.17, 15) is 9.59 Å². The van der Waals surface area contributed by atoms with Crippen molar-refractivity contribution in [1.82, 2.24) is 5.32 Å². The zero-order valence-electron chi connectivity index (χ0n) is 22.1. The Morgan fingerprint density at radius 2 is 1.65 bits per heavy atom. The van der Waals surface area contributed by atoms with Gasteiger partial charge in [0, 0.05) is 29.3 Å². The molecule has 1 heterocycles. The Balaban J connectivity index is 1.87. The zero-order chi connectivity index (χ0) is 26.7. The van der Waals surface area contributed by atoms with E-state index in [1.54, 1.807) is 26.2 Å². The second-order valence-electron chi connectivity index (χ2n) is 8.97. The lowest BCUT2D eigenvalue weighted by Gasteiger charge is -2.37. The molecular weight excluding hydrogens is 474 g/mol. The van der Waals surface area contributed by atoms with Gasteiger partial charge in [0.2, 0.25) is 5.75 Å². The summed E-state index contributed by atoms with van der Waals surface area (Å²) in [5.74, 6) is 0.886. The number of esters is 1. The van der Waals surface area contributed by atoms with Crippen molar-refractivity contribution >= 4 is 11.8 Å². The molecule has 8 nitrogen and oxygen atoms in total. The lowest BCUT2D eigenvalue weighted by atomic mass is 9.71. The van der Waals surface area contributed by atoms with E-state index < -0.39 is 11.9 Å². The first-order valence-corrected chi connectivity index (χ1v) is 12.2. The third-order valence-electron chi connectivity index (χ3n) is 6.91. The molecule has 0 amide bonds. The lowest BCUT2D eigenvalue weighted by molar-refractivity contribution is -0.138. The van der Waals surface area contributed by atoms with E-state index in [1.165, 1.54) is 21.3 Å². The van der Waals surface area contributed by atoms with Gasteiger partial charge < -0.3 is 29.0 Å². The summed E-state index contributed by atoms with van der Waals surface area (Å²) in [5.41, 5.74) is 4.11. The van der Waals surface area contributed by atoms with E-state index in [1.807, 2.05) is 31.2 Å². The minimum Gasteiger partial charge on any atom is -0.497 e. The third kappa shape index (κ3) is 4.88.